The Morgan fingerprint density at radius 1 is 1.16 bits per heavy atom. The number of carbonyl (C=O) groups is 1. The fraction of sp³-hybridized carbons (Fsp3) is 0.400. The largest absolute Gasteiger partial charge is 0.394 e. The molecule has 2 aromatic rings. The summed E-state index contributed by atoms with van der Waals surface area (Å²) in [5, 5.41) is 15.3. The first-order valence-electron chi connectivity index (χ1n) is 8.65. The second-order valence-electron chi connectivity index (χ2n) is 6.73. The molecule has 1 heterocycles. The maximum Gasteiger partial charge on any atom is 0.315 e. The highest BCUT2D eigenvalue weighted by Gasteiger charge is 2.20. The molecule has 2 atom stereocenters. The SMILES string of the molecule is Cc1cccc(C(NC(=O)NC(CO)CC(C)C)c2ccccn2)c1. The van der Waals surface area contributed by atoms with Crippen LogP contribution in [0.3, 0.4) is 0 Å². The smallest absolute Gasteiger partial charge is 0.315 e. The van der Waals surface area contributed by atoms with Crippen LogP contribution < -0.4 is 10.6 Å². The molecule has 1 aromatic heterocycles. The minimum Gasteiger partial charge on any atom is -0.394 e. The van der Waals surface area contributed by atoms with Gasteiger partial charge in [0.1, 0.15) is 0 Å². The van der Waals surface area contributed by atoms with E-state index in [2.05, 4.69) is 29.5 Å². The molecule has 5 nitrogen and oxygen atoms in total. The van der Waals surface area contributed by atoms with Gasteiger partial charge in [-0.25, -0.2) is 4.79 Å². The molecule has 0 bridgehead atoms. The molecular weight excluding hydrogens is 314 g/mol. The van der Waals surface area contributed by atoms with Gasteiger partial charge >= 0.3 is 6.03 Å². The number of aliphatic hydroxyl groups excluding tert-OH is 1. The maximum absolute atomic E-state index is 12.5. The second kappa shape index (κ2) is 9.18. The molecule has 5 heteroatoms. The average Bonchev–Trinajstić information content (AvgIpc) is 2.59. The van der Waals surface area contributed by atoms with Crippen molar-refractivity contribution in [2.75, 3.05) is 6.61 Å². The van der Waals surface area contributed by atoms with E-state index in [0.717, 1.165) is 23.2 Å². The van der Waals surface area contributed by atoms with Gasteiger partial charge in [-0.05, 0) is 37.0 Å². The van der Waals surface area contributed by atoms with E-state index in [4.69, 9.17) is 0 Å². The van der Waals surface area contributed by atoms with Crippen molar-refractivity contribution in [1.82, 2.24) is 15.6 Å². The number of nitrogens with one attached hydrogen (secondary N) is 2. The van der Waals surface area contributed by atoms with Crippen LogP contribution >= 0.6 is 0 Å². The van der Waals surface area contributed by atoms with Gasteiger partial charge in [0.05, 0.1) is 24.4 Å². The minimum absolute atomic E-state index is 0.0791. The predicted octanol–water partition coefficient (Wildman–Crippen LogP) is 3.19. The van der Waals surface area contributed by atoms with E-state index in [1.165, 1.54) is 0 Å². The molecule has 2 unspecified atom stereocenters. The molecule has 0 radical (unpaired) electrons. The van der Waals surface area contributed by atoms with E-state index in [0.29, 0.717) is 5.92 Å². The highest BCUT2D eigenvalue weighted by Crippen LogP contribution is 2.21. The molecule has 1 aromatic carbocycles. The van der Waals surface area contributed by atoms with Gasteiger partial charge in [0, 0.05) is 6.20 Å². The number of carbonyl (C=O) groups excluding carboxylic acids is 1. The fourth-order valence-electron chi connectivity index (χ4n) is 2.83. The second-order valence-corrected chi connectivity index (χ2v) is 6.73. The van der Waals surface area contributed by atoms with Crippen LogP contribution in [0.5, 0.6) is 0 Å². The Hall–Kier alpha value is -2.40. The third-order valence-electron chi connectivity index (χ3n) is 3.95. The summed E-state index contributed by atoms with van der Waals surface area (Å²) < 4.78 is 0. The monoisotopic (exact) mass is 341 g/mol. The number of hydrogen-bond acceptors (Lipinski definition) is 3. The standard InChI is InChI=1S/C20H27N3O2/c1-14(2)11-17(13-24)22-20(25)23-19(18-9-4-5-10-21-18)16-8-6-7-15(3)12-16/h4-10,12,14,17,19,24H,11,13H2,1-3H3,(H2,22,23,25). The molecule has 134 valence electrons. The van der Waals surface area contributed by atoms with Crippen LogP contribution in [-0.2, 0) is 0 Å². The Morgan fingerprint density at radius 3 is 2.56 bits per heavy atom. The van der Waals surface area contributed by atoms with E-state index in [1.54, 1.807) is 6.20 Å². The zero-order chi connectivity index (χ0) is 18.2. The number of hydrogen-bond donors (Lipinski definition) is 3. The molecule has 0 saturated heterocycles. The van der Waals surface area contributed by atoms with Gasteiger partial charge in [0.15, 0.2) is 0 Å². The van der Waals surface area contributed by atoms with Crippen LogP contribution in [-0.4, -0.2) is 28.8 Å². The van der Waals surface area contributed by atoms with Gasteiger partial charge in [-0.15, -0.1) is 0 Å². The Balaban J connectivity index is 2.18. The molecule has 2 rings (SSSR count). The van der Waals surface area contributed by atoms with Gasteiger partial charge in [0.2, 0.25) is 0 Å². The number of aromatic nitrogens is 1. The lowest BCUT2D eigenvalue weighted by Gasteiger charge is -2.23. The molecule has 3 N–H and O–H groups in total. The first-order valence-corrected chi connectivity index (χ1v) is 8.65. The average molecular weight is 341 g/mol. The normalized spacial score (nSPS) is 13.3. The van der Waals surface area contributed by atoms with Gasteiger partial charge < -0.3 is 15.7 Å². The summed E-state index contributed by atoms with van der Waals surface area (Å²) in [6.07, 6.45) is 2.44. The number of urea groups is 1. The zero-order valence-electron chi connectivity index (χ0n) is 15.1. The first kappa shape index (κ1) is 18.9. The van der Waals surface area contributed by atoms with Gasteiger partial charge in [0.25, 0.3) is 0 Å². The summed E-state index contributed by atoms with van der Waals surface area (Å²) in [7, 11) is 0. The van der Waals surface area contributed by atoms with Crippen LogP contribution in [0.25, 0.3) is 0 Å². The summed E-state index contributed by atoms with van der Waals surface area (Å²) in [4.78, 5) is 16.9. The number of amides is 2. The molecule has 2 amide bonds. The van der Waals surface area contributed by atoms with E-state index in [9.17, 15) is 9.90 Å². The lowest BCUT2D eigenvalue weighted by atomic mass is 10.0. The summed E-state index contributed by atoms with van der Waals surface area (Å²) >= 11 is 0. The topological polar surface area (TPSA) is 74.2 Å². The van der Waals surface area contributed by atoms with Crippen LogP contribution in [0, 0.1) is 12.8 Å². The molecule has 0 aliphatic rings. The number of aryl methyl sites for hydroxylation is 1. The van der Waals surface area contributed by atoms with Gasteiger partial charge in [-0.3, -0.25) is 4.98 Å². The van der Waals surface area contributed by atoms with Crippen molar-refractivity contribution in [3.8, 4) is 0 Å². The number of aliphatic hydroxyl groups is 1. The fourth-order valence-corrected chi connectivity index (χ4v) is 2.83. The Labute approximate surface area is 149 Å². The zero-order valence-corrected chi connectivity index (χ0v) is 15.1. The Bertz CT molecular complexity index is 674. The molecular formula is C20H27N3O2. The number of benzene rings is 1. The quantitative estimate of drug-likeness (QED) is 0.724. The molecule has 0 aliphatic heterocycles. The van der Waals surface area contributed by atoms with E-state index in [-0.39, 0.29) is 24.7 Å². The van der Waals surface area contributed by atoms with Crippen molar-refractivity contribution in [2.45, 2.75) is 39.3 Å². The molecule has 0 fully saturated rings. The van der Waals surface area contributed by atoms with Crippen molar-refractivity contribution in [3.63, 3.8) is 0 Å². The summed E-state index contributed by atoms with van der Waals surface area (Å²) in [6, 6.07) is 12.7. The van der Waals surface area contributed by atoms with E-state index in [1.807, 2.05) is 49.4 Å². The maximum atomic E-state index is 12.5. The van der Waals surface area contributed by atoms with Crippen molar-refractivity contribution < 1.29 is 9.90 Å². The number of rotatable bonds is 7. The van der Waals surface area contributed by atoms with Crippen molar-refractivity contribution in [2.24, 2.45) is 5.92 Å². The summed E-state index contributed by atoms with van der Waals surface area (Å²) in [6.45, 7) is 6.06. The molecule has 0 saturated carbocycles. The van der Waals surface area contributed by atoms with Gasteiger partial charge in [-0.1, -0.05) is 49.7 Å². The third-order valence-corrected chi connectivity index (χ3v) is 3.95. The third kappa shape index (κ3) is 5.87. The predicted molar refractivity (Wildman–Crippen MR) is 99.3 cm³/mol. The van der Waals surface area contributed by atoms with Crippen LogP contribution in [0.15, 0.2) is 48.7 Å². The van der Waals surface area contributed by atoms with Crippen molar-refractivity contribution >= 4 is 6.03 Å². The Morgan fingerprint density at radius 2 is 1.96 bits per heavy atom. The van der Waals surface area contributed by atoms with E-state index >= 15 is 0 Å². The molecule has 25 heavy (non-hydrogen) atoms. The highest BCUT2D eigenvalue weighted by atomic mass is 16.3. The van der Waals surface area contributed by atoms with Crippen molar-refractivity contribution in [1.29, 1.82) is 0 Å². The highest BCUT2D eigenvalue weighted by molar-refractivity contribution is 5.75. The van der Waals surface area contributed by atoms with Crippen LogP contribution in [0.4, 0.5) is 4.79 Å². The summed E-state index contributed by atoms with van der Waals surface area (Å²) in [5.74, 6) is 0.390. The number of pyridine rings is 1. The molecule has 0 spiro atoms. The lowest BCUT2D eigenvalue weighted by molar-refractivity contribution is 0.205. The number of nitrogens with zero attached hydrogens (tertiary/aromatic N) is 1. The Kier molecular flexibility index (Phi) is 6.95. The lowest BCUT2D eigenvalue weighted by Crippen LogP contribution is -2.45. The van der Waals surface area contributed by atoms with Crippen LogP contribution in [0.2, 0.25) is 0 Å². The van der Waals surface area contributed by atoms with Crippen LogP contribution in [0.1, 0.15) is 43.1 Å². The first-order chi connectivity index (χ1) is 12.0. The van der Waals surface area contributed by atoms with Crippen molar-refractivity contribution in [3.05, 3.63) is 65.5 Å². The summed E-state index contributed by atoms with van der Waals surface area (Å²) in [5.41, 5.74) is 2.86. The molecule has 0 aliphatic carbocycles. The minimum atomic E-state index is -0.348. The van der Waals surface area contributed by atoms with E-state index < -0.39 is 0 Å². The van der Waals surface area contributed by atoms with Gasteiger partial charge in [-0.2, -0.15) is 0 Å².